The Morgan fingerprint density at radius 1 is 1.43 bits per heavy atom. The van der Waals surface area contributed by atoms with Gasteiger partial charge in [0.15, 0.2) is 0 Å². The quantitative estimate of drug-likeness (QED) is 0.916. The number of nitrogens with zero attached hydrogens (tertiary/aromatic N) is 3. The normalized spacial score (nSPS) is 11.7. The number of aromatic nitrogens is 2. The molecule has 1 aromatic carbocycles. The Hall–Kier alpha value is -2.61. The number of aryl methyl sites for hydroxylation is 1. The van der Waals surface area contributed by atoms with Crippen LogP contribution in [0.25, 0.3) is 5.69 Å². The Morgan fingerprint density at radius 2 is 2.14 bits per heavy atom. The average Bonchev–Trinajstić information content (AvgIpc) is 2.86. The van der Waals surface area contributed by atoms with Gasteiger partial charge in [0.25, 0.3) is 0 Å². The van der Waals surface area contributed by atoms with Crippen LogP contribution >= 0.6 is 0 Å². The summed E-state index contributed by atoms with van der Waals surface area (Å²) in [6.45, 7) is 3.82. The van der Waals surface area contributed by atoms with E-state index in [0.717, 1.165) is 17.8 Å². The number of hydrogen-bond donors (Lipinski definition) is 1. The predicted molar refractivity (Wildman–Crippen MR) is 80.9 cm³/mol. The van der Waals surface area contributed by atoms with Crippen molar-refractivity contribution in [2.75, 3.05) is 5.32 Å². The number of anilines is 1. The van der Waals surface area contributed by atoms with Crippen molar-refractivity contribution < 1.29 is 4.79 Å². The lowest BCUT2D eigenvalue weighted by Gasteiger charge is -2.11. The lowest BCUT2D eigenvalue weighted by molar-refractivity contribution is -0.118. The first-order valence-corrected chi connectivity index (χ1v) is 6.98. The fourth-order valence-corrected chi connectivity index (χ4v) is 2.11. The number of amides is 1. The number of carbonyl (C=O) groups excluding carboxylic acids is 1. The molecule has 0 bridgehead atoms. The van der Waals surface area contributed by atoms with Crippen LogP contribution in [0.2, 0.25) is 0 Å². The number of rotatable bonds is 5. The number of benzene rings is 1. The highest BCUT2D eigenvalue weighted by Gasteiger charge is 2.19. The monoisotopic (exact) mass is 282 g/mol. The maximum atomic E-state index is 12.2. The van der Waals surface area contributed by atoms with Gasteiger partial charge in [-0.05, 0) is 25.5 Å². The highest BCUT2D eigenvalue weighted by atomic mass is 16.2. The summed E-state index contributed by atoms with van der Waals surface area (Å²) in [6.07, 6.45) is 1.35. The van der Waals surface area contributed by atoms with Crippen LogP contribution < -0.4 is 5.32 Å². The van der Waals surface area contributed by atoms with Crippen molar-refractivity contribution in [3.05, 3.63) is 42.1 Å². The molecule has 1 N–H and O–H groups in total. The van der Waals surface area contributed by atoms with Crippen LogP contribution in [-0.4, -0.2) is 15.7 Å². The molecule has 5 nitrogen and oxygen atoms in total. The fraction of sp³-hybridized carbons (Fsp3) is 0.312. The van der Waals surface area contributed by atoms with Crippen LogP contribution in [0.1, 0.15) is 25.5 Å². The molecule has 0 saturated heterocycles. The van der Waals surface area contributed by atoms with E-state index in [0.29, 0.717) is 12.2 Å². The summed E-state index contributed by atoms with van der Waals surface area (Å²) < 4.78 is 1.67. The van der Waals surface area contributed by atoms with E-state index in [1.807, 2.05) is 50.2 Å². The number of carbonyl (C=O) groups is 1. The van der Waals surface area contributed by atoms with Gasteiger partial charge in [0.1, 0.15) is 11.7 Å². The van der Waals surface area contributed by atoms with Gasteiger partial charge in [0.05, 0.1) is 17.5 Å². The molecular formula is C16H18N4O. The van der Waals surface area contributed by atoms with E-state index in [9.17, 15) is 4.79 Å². The maximum Gasteiger partial charge on any atom is 0.242 e. The van der Waals surface area contributed by atoms with E-state index in [1.165, 1.54) is 0 Å². The van der Waals surface area contributed by atoms with Crippen molar-refractivity contribution in [2.45, 2.75) is 26.7 Å². The first-order chi connectivity index (χ1) is 10.2. The summed E-state index contributed by atoms with van der Waals surface area (Å²) in [5, 5.41) is 16.3. The molecule has 0 saturated carbocycles. The van der Waals surface area contributed by atoms with E-state index in [4.69, 9.17) is 5.26 Å². The molecular weight excluding hydrogens is 264 g/mol. The van der Waals surface area contributed by atoms with Crippen LogP contribution in [0.3, 0.4) is 0 Å². The number of nitriles is 1. The van der Waals surface area contributed by atoms with Crippen molar-refractivity contribution in [1.82, 2.24) is 9.78 Å². The van der Waals surface area contributed by atoms with Crippen LogP contribution in [0.4, 0.5) is 5.82 Å². The molecule has 0 aliphatic rings. The van der Waals surface area contributed by atoms with Gasteiger partial charge in [-0.3, -0.25) is 4.79 Å². The summed E-state index contributed by atoms with van der Waals surface area (Å²) in [7, 11) is 0. The standard InChI is InChI=1S/C16H18N4O/c1-3-7-13(11-17)16(21)18-15-10-12(2)19-20(15)14-8-5-4-6-9-14/h4-6,8-10,13H,3,7H2,1-2H3,(H,18,21). The van der Waals surface area contributed by atoms with Crippen LogP contribution in [0, 0.1) is 24.2 Å². The third-order valence-corrected chi connectivity index (χ3v) is 3.13. The summed E-state index contributed by atoms with van der Waals surface area (Å²) in [5.41, 5.74) is 1.67. The summed E-state index contributed by atoms with van der Waals surface area (Å²) in [6, 6.07) is 13.4. The van der Waals surface area contributed by atoms with Gasteiger partial charge >= 0.3 is 0 Å². The zero-order valence-electron chi connectivity index (χ0n) is 12.2. The van der Waals surface area contributed by atoms with Gasteiger partial charge in [-0.15, -0.1) is 0 Å². The van der Waals surface area contributed by atoms with Crippen molar-refractivity contribution in [3.63, 3.8) is 0 Å². The SMILES string of the molecule is CCCC(C#N)C(=O)Nc1cc(C)nn1-c1ccccc1. The van der Waals surface area contributed by atoms with Gasteiger partial charge in [-0.2, -0.15) is 10.4 Å². The minimum Gasteiger partial charge on any atom is -0.309 e. The molecule has 0 aliphatic carbocycles. The van der Waals surface area contributed by atoms with E-state index >= 15 is 0 Å². The van der Waals surface area contributed by atoms with Gasteiger partial charge in [0, 0.05) is 6.07 Å². The second-order valence-corrected chi connectivity index (χ2v) is 4.88. The average molecular weight is 282 g/mol. The highest BCUT2D eigenvalue weighted by molar-refractivity contribution is 5.93. The van der Waals surface area contributed by atoms with Crippen LogP contribution in [0.15, 0.2) is 36.4 Å². The number of hydrogen-bond acceptors (Lipinski definition) is 3. The molecule has 108 valence electrons. The van der Waals surface area contributed by atoms with E-state index < -0.39 is 5.92 Å². The topological polar surface area (TPSA) is 70.7 Å². The Labute approximate surface area is 124 Å². The first-order valence-electron chi connectivity index (χ1n) is 6.98. The van der Waals surface area contributed by atoms with Crippen LogP contribution in [0.5, 0.6) is 0 Å². The lowest BCUT2D eigenvalue weighted by atomic mass is 10.1. The van der Waals surface area contributed by atoms with Gasteiger partial charge < -0.3 is 5.32 Å². The van der Waals surface area contributed by atoms with Crippen LogP contribution in [-0.2, 0) is 4.79 Å². The predicted octanol–water partition coefficient (Wildman–Crippen LogP) is 3.06. The molecule has 5 heteroatoms. The smallest absolute Gasteiger partial charge is 0.242 e. The molecule has 1 atom stereocenters. The van der Waals surface area contributed by atoms with Gasteiger partial charge in [0.2, 0.25) is 5.91 Å². The van der Waals surface area contributed by atoms with E-state index in [-0.39, 0.29) is 5.91 Å². The van der Waals surface area contributed by atoms with Gasteiger partial charge in [-0.1, -0.05) is 31.5 Å². The number of nitrogens with one attached hydrogen (secondary N) is 1. The number of para-hydroxylation sites is 1. The fourth-order valence-electron chi connectivity index (χ4n) is 2.11. The zero-order valence-corrected chi connectivity index (χ0v) is 12.2. The molecule has 2 rings (SSSR count). The largest absolute Gasteiger partial charge is 0.309 e. The Balaban J connectivity index is 2.25. The molecule has 0 fully saturated rings. The third kappa shape index (κ3) is 3.48. The highest BCUT2D eigenvalue weighted by Crippen LogP contribution is 2.18. The second kappa shape index (κ2) is 6.71. The molecule has 1 heterocycles. The summed E-state index contributed by atoms with van der Waals surface area (Å²) in [5.74, 6) is -0.328. The summed E-state index contributed by atoms with van der Waals surface area (Å²) >= 11 is 0. The minimum atomic E-state index is -0.630. The third-order valence-electron chi connectivity index (χ3n) is 3.13. The Kier molecular flexibility index (Phi) is 4.72. The van der Waals surface area contributed by atoms with Crippen molar-refractivity contribution in [1.29, 1.82) is 5.26 Å². The van der Waals surface area contributed by atoms with Crippen molar-refractivity contribution in [2.24, 2.45) is 5.92 Å². The molecule has 0 spiro atoms. The minimum absolute atomic E-state index is 0.281. The molecule has 21 heavy (non-hydrogen) atoms. The van der Waals surface area contributed by atoms with Crippen molar-refractivity contribution >= 4 is 11.7 Å². The molecule has 1 amide bonds. The molecule has 0 radical (unpaired) electrons. The first kappa shape index (κ1) is 14.8. The second-order valence-electron chi connectivity index (χ2n) is 4.88. The lowest BCUT2D eigenvalue weighted by Crippen LogP contribution is -2.23. The molecule has 1 unspecified atom stereocenters. The van der Waals surface area contributed by atoms with Gasteiger partial charge in [-0.25, -0.2) is 4.68 Å². The van der Waals surface area contributed by atoms with Crippen molar-refractivity contribution in [3.8, 4) is 11.8 Å². The maximum absolute atomic E-state index is 12.2. The molecule has 1 aromatic heterocycles. The molecule has 0 aliphatic heterocycles. The molecule has 2 aromatic rings. The summed E-state index contributed by atoms with van der Waals surface area (Å²) in [4.78, 5) is 12.2. The van der Waals surface area contributed by atoms with E-state index in [2.05, 4.69) is 10.4 Å². The zero-order chi connectivity index (χ0) is 15.2. The Bertz CT molecular complexity index is 655. The Morgan fingerprint density at radius 3 is 2.76 bits per heavy atom. The van der Waals surface area contributed by atoms with E-state index in [1.54, 1.807) is 10.7 Å².